The molecule has 18 heavy (non-hydrogen) atoms. The highest BCUT2D eigenvalue weighted by Crippen LogP contribution is 2.35. The Bertz CT molecular complexity index is 386. The summed E-state index contributed by atoms with van der Waals surface area (Å²) in [6.45, 7) is 4.46. The van der Waals surface area contributed by atoms with Crippen molar-refractivity contribution in [2.45, 2.75) is 50.6 Å². The minimum atomic E-state index is 0.349. The van der Waals surface area contributed by atoms with Crippen molar-refractivity contribution in [3.05, 3.63) is 18.7 Å². The fourth-order valence-corrected chi connectivity index (χ4v) is 3.45. The minimum absolute atomic E-state index is 0.349. The first kappa shape index (κ1) is 11.9. The molecule has 2 aliphatic rings. The van der Waals surface area contributed by atoms with Crippen LogP contribution in [0.5, 0.6) is 0 Å². The third kappa shape index (κ3) is 2.09. The Kier molecular flexibility index (Phi) is 3.20. The van der Waals surface area contributed by atoms with Crippen LogP contribution in [0.4, 0.5) is 5.69 Å². The van der Waals surface area contributed by atoms with Crippen LogP contribution in [0.2, 0.25) is 0 Å². The second-order valence-corrected chi connectivity index (χ2v) is 5.65. The largest absolute Gasteiger partial charge is 0.363 e. The number of piperazine rings is 1. The van der Waals surface area contributed by atoms with Crippen LogP contribution < -0.4 is 10.2 Å². The maximum atomic E-state index is 4.17. The van der Waals surface area contributed by atoms with Gasteiger partial charge in [0, 0.05) is 24.7 Å². The highest BCUT2D eigenvalue weighted by molar-refractivity contribution is 5.45. The summed E-state index contributed by atoms with van der Waals surface area (Å²) in [4.78, 5) is 10.9. The van der Waals surface area contributed by atoms with Gasteiger partial charge >= 0.3 is 0 Å². The van der Waals surface area contributed by atoms with Crippen LogP contribution in [0.3, 0.4) is 0 Å². The number of nitrogens with zero attached hydrogens (tertiary/aromatic N) is 3. The van der Waals surface area contributed by atoms with Crippen LogP contribution in [-0.2, 0) is 0 Å². The summed E-state index contributed by atoms with van der Waals surface area (Å²) in [6, 6.07) is 0.572. The van der Waals surface area contributed by atoms with E-state index >= 15 is 0 Å². The van der Waals surface area contributed by atoms with Gasteiger partial charge in [0.1, 0.15) is 6.33 Å². The lowest BCUT2D eigenvalue weighted by molar-refractivity contribution is 0.267. The summed E-state index contributed by atoms with van der Waals surface area (Å²) in [6.07, 6.45) is 12.0. The van der Waals surface area contributed by atoms with Crippen LogP contribution in [0.25, 0.3) is 0 Å². The van der Waals surface area contributed by atoms with Gasteiger partial charge < -0.3 is 10.2 Å². The van der Waals surface area contributed by atoms with E-state index < -0.39 is 0 Å². The fourth-order valence-electron chi connectivity index (χ4n) is 3.45. The Labute approximate surface area is 109 Å². The van der Waals surface area contributed by atoms with Crippen molar-refractivity contribution in [3.8, 4) is 0 Å². The quantitative estimate of drug-likeness (QED) is 0.866. The molecule has 1 unspecified atom stereocenters. The van der Waals surface area contributed by atoms with E-state index in [4.69, 9.17) is 0 Å². The first-order valence-electron chi connectivity index (χ1n) is 7.10. The summed E-state index contributed by atoms with van der Waals surface area (Å²) in [7, 11) is 0. The summed E-state index contributed by atoms with van der Waals surface area (Å²) >= 11 is 0. The molecule has 3 rings (SSSR count). The molecule has 98 valence electrons. The van der Waals surface area contributed by atoms with Crippen molar-refractivity contribution in [2.75, 3.05) is 18.0 Å². The third-order valence-electron chi connectivity index (χ3n) is 4.54. The van der Waals surface area contributed by atoms with Gasteiger partial charge in [-0.15, -0.1) is 0 Å². The van der Waals surface area contributed by atoms with Gasteiger partial charge in [-0.2, -0.15) is 0 Å². The van der Waals surface area contributed by atoms with Gasteiger partial charge in [-0.3, -0.25) is 0 Å². The fraction of sp³-hybridized carbons (Fsp3) is 0.714. The SMILES string of the molecule is CCC1CNC2(CCCC2)CN1c1cncnc1. The first-order valence-corrected chi connectivity index (χ1v) is 7.10. The van der Waals surface area contributed by atoms with Gasteiger partial charge in [0.2, 0.25) is 0 Å². The molecule has 1 saturated heterocycles. The molecule has 1 aromatic heterocycles. The van der Waals surface area contributed by atoms with Gasteiger partial charge in [0.15, 0.2) is 0 Å². The maximum absolute atomic E-state index is 4.17. The molecule has 0 bridgehead atoms. The molecule has 1 spiro atoms. The summed E-state index contributed by atoms with van der Waals surface area (Å²) in [5.41, 5.74) is 1.53. The summed E-state index contributed by atoms with van der Waals surface area (Å²) < 4.78 is 0. The molecule has 1 aromatic rings. The molecule has 1 saturated carbocycles. The highest BCUT2D eigenvalue weighted by Gasteiger charge is 2.40. The normalized spacial score (nSPS) is 26.7. The molecule has 0 radical (unpaired) electrons. The van der Waals surface area contributed by atoms with E-state index in [-0.39, 0.29) is 0 Å². The molecule has 2 fully saturated rings. The standard InChI is InChI=1S/C14H22N4/c1-2-12-9-17-14(5-3-4-6-14)10-18(12)13-7-15-11-16-8-13/h7-8,11-12,17H,2-6,9-10H2,1H3. The van der Waals surface area contributed by atoms with Crippen molar-refractivity contribution >= 4 is 5.69 Å². The zero-order chi connectivity index (χ0) is 12.4. The predicted molar refractivity (Wildman–Crippen MR) is 72.7 cm³/mol. The van der Waals surface area contributed by atoms with Gasteiger partial charge in [-0.1, -0.05) is 19.8 Å². The van der Waals surface area contributed by atoms with Gasteiger partial charge in [0.05, 0.1) is 18.1 Å². The topological polar surface area (TPSA) is 41.0 Å². The van der Waals surface area contributed by atoms with Crippen molar-refractivity contribution in [2.24, 2.45) is 0 Å². The molecule has 2 heterocycles. The van der Waals surface area contributed by atoms with Crippen LogP contribution in [0.15, 0.2) is 18.7 Å². The number of anilines is 1. The van der Waals surface area contributed by atoms with Crippen LogP contribution in [-0.4, -0.2) is 34.6 Å². The zero-order valence-corrected chi connectivity index (χ0v) is 11.1. The lowest BCUT2D eigenvalue weighted by atomic mass is 9.91. The van der Waals surface area contributed by atoms with E-state index in [2.05, 4.69) is 27.1 Å². The summed E-state index contributed by atoms with van der Waals surface area (Å²) in [5, 5.41) is 3.81. The van der Waals surface area contributed by atoms with Gasteiger partial charge in [-0.05, 0) is 19.3 Å². The monoisotopic (exact) mass is 246 g/mol. The highest BCUT2D eigenvalue weighted by atomic mass is 15.3. The van der Waals surface area contributed by atoms with Crippen LogP contribution in [0, 0.1) is 0 Å². The van der Waals surface area contributed by atoms with Gasteiger partial charge in [0.25, 0.3) is 0 Å². The molecule has 1 aliphatic heterocycles. The van der Waals surface area contributed by atoms with Crippen molar-refractivity contribution in [3.63, 3.8) is 0 Å². The van der Waals surface area contributed by atoms with E-state index in [0.717, 1.165) is 19.5 Å². The number of aromatic nitrogens is 2. The molecular weight excluding hydrogens is 224 g/mol. The van der Waals surface area contributed by atoms with Crippen molar-refractivity contribution in [1.82, 2.24) is 15.3 Å². The lowest BCUT2D eigenvalue weighted by Gasteiger charge is -2.47. The lowest BCUT2D eigenvalue weighted by Crippen LogP contribution is -2.63. The van der Waals surface area contributed by atoms with E-state index in [1.54, 1.807) is 6.33 Å². The molecular formula is C14H22N4. The number of hydrogen-bond donors (Lipinski definition) is 1. The van der Waals surface area contributed by atoms with Crippen LogP contribution >= 0.6 is 0 Å². The predicted octanol–water partition coefficient (Wildman–Crippen LogP) is 1.98. The van der Waals surface area contributed by atoms with E-state index in [0.29, 0.717) is 11.6 Å². The first-order chi connectivity index (χ1) is 8.83. The van der Waals surface area contributed by atoms with Gasteiger partial charge in [-0.25, -0.2) is 9.97 Å². The second kappa shape index (κ2) is 4.84. The number of rotatable bonds is 2. The Hall–Kier alpha value is -1.16. The maximum Gasteiger partial charge on any atom is 0.115 e. The molecule has 0 amide bonds. The van der Waals surface area contributed by atoms with E-state index in [1.807, 2.05) is 12.4 Å². The third-order valence-corrected chi connectivity index (χ3v) is 4.54. The molecule has 0 aromatic carbocycles. The minimum Gasteiger partial charge on any atom is -0.363 e. The molecule has 1 aliphatic carbocycles. The molecule has 4 heteroatoms. The van der Waals surface area contributed by atoms with E-state index in [9.17, 15) is 0 Å². The van der Waals surface area contributed by atoms with Crippen molar-refractivity contribution in [1.29, 1.82) is 0 Å². The molecule has 1 atom stereocenters. The average molecular weight is 246 g/mol. The van der Waals surface area contributed by atoms with Crippen LogP contribution in [0.1, 0.15) is 39.0 Å². The Morgan fingerprint density at radius 3 is 2.72 bits per heavy atom. The average Bonchev–Trinajstić information content (AvgIpc) is 2.88. The number of nitrogens with one attached hydrogen (secondary N) is 1. The van der Waals surface area contributed by atoms with E-state index in [1.165, 1.54) is 31.4 Å². The molecule has 1 N–H and O–H groups in total. The zero-order valence-electron chi connectivity index (χ0n) is 11.1. The Balaban J connectivity index is 1.84. The second-order valence-electron chi connectivity index (χ2n) is 5.65. The molecule has 4 nitrogen and oxygen atoms in total. The smallest absolute Gasteiger partial charge is 0.115 e. The number of hydrogen-bond acceptors (Lipinski definition) is 4. The Morgan fingerprint density at radius 2 is 2.06 bits per heavy atom. The Morgan fingerprint density at radius 1 is 1.33 bits per heavy atom. The van der Waals surface area contributed by atoms with Crippen molar-refractivity contribution < 1.29 is 0 Å². The summed E-state index contributed by atoms with van der Waals surface area (Å²) in [5.74, 6) is 0.